The first kappa shape index (κ1) is 23.8. The molecule has 0 aromatic heterocycles. The number of fused-ring (bicyclic) bond motifs is 1. The molecule has 1 aliphatic heterocycles. The van der Waals surface area contributed by atoms with Crippen LogP contribution in [0.1, 0.15) is 56.4 Å². The second-order valence-electron chi connectivity index (χ2n) is 7.22. The predicted molar refractivity (Wildman–Crippen MR) is 125 cm³/mol. The highest BCUT2D eigenvalue weighted by molar-refractivity contribution is 5.96. The van der Waals surface area contributed by atoms with Crippen LogP contribution in [-0.2, 0) is 29.1 Å². The molecule has 3 rings (SSSR count). The van der Waals surface area contributed by atoms with Gasteiger partial charge in [-0.05, 0) is 37.0 Å². The average Bonchev–Trinajstić information content (AvgIpc) is 2.77. The first-order chi connectivity index (χ1) is 14.9. The fourth-order valence-corrected chi connectivity index (χ4v) is 3.25. The van der Waals surface area contributed by atoms with Crippen molar-refractivity contribution in [3.8, 4) is 12.3 Å². The number of terminal acetylenes is 1. The molecule has 0 bridgehead atoms. The summed E-state index contributed by atoms with van der Waals surface area (Å²) in [7, 11) is 0. The van der Waals surface area contributed by atoms with Crippen molar-refractivity contribution in [3.05, 3.63) is 76.5 Å². The Bertz CT molecular complexity index is 997. The van der Waals surface area contributed by atoms with Crippen molar-refractivity contribution in [1.82, 2.24) is 5.01 Å². The number of aliphatic carboxylic acids is 1. The summed E-state index contributed by atoms with van der Waals surface area (Å²) >= 11 is 0. The fraction of sp³-hybridized carbons (Fsp3) is 0.308. The number of carbonyl (C=O) groups is 1. The van der Waals surface area contributed by atoms with Crippen LogP contribution in [0.25, 0.3) is 5.76 Å². The van der Waals surface area contributed by atoms with E-state index in [1.807, 2.05) is 63.2 Å². The summed E-state index contributed by atoms with van der Waals surface area (Å²) in [5, 5.41) is 15.9. The number of rotatable bonds is 6. The molecule has 0 spiro atoms. The van der Waals surface area contributed by atoms with E-state index in [1.165, 1.54) is 5.56 Å². The number of hydrogen-bond donors (Lipinski definition) is 1. The van der Waals surface area contributed by atoms with Gasteiger partial charge in [0.25, 0.3) is 0 Å². The van der Waals surface area contributed by atoms with Crippen molar-refractivity contribution >= 4 is 17.4 Å². The van der Waals surface area contributed by atoms with Crippen LogP contribution in [0.3, 0.4) is 0 Å². The van der Waals surface area contributed by atoms with Crippen LogP contribution in [0, 0.1) is 12.3 Å². The Morgan fingerprint density at radius 1 is 1.16 bits per heavy atom. The van der Waals surface area contributed by atoms with E-state index in [0.29, 0.717) is 18.9 Å². The quantitative estimate of drug-likeness (QED) is 0.500. The zero-order valence-electron chi connectivity index (χ0n) is 18.7. The highest BCUT2D eigenvalue weighted by Crippen LogP contribution is 2.35. The molecule has 0 fully saturated rings. The molecule has 2 aromatic carbocycles. The normalized spacial score (nSPS) is 12.2. The molecule has 1 aliphatic rings. The van der Waals surface area contributed by atoms with Gasteiger partial charge in [0.2, 0.25) is 0 Å². The Morgan fingerprint density at radius 3 is 2.39 bits per heavy atom. The largest absolute Gasteiger partial charge is 0.486 e. The highest BCUT2D eigenvalue weighted by atomic mass is 16.5. The summed E-state index contributed by atoms with van der Waals surface area (Å²) in [6.45, 7) is 8.46. The predicted octanol–water partition coefficient (Wildman–Crippen LogP) is 5.46. The molecule has 162 valence electrons. The number of carboxylic acid groups (broad SMARTS) is 1. The van der Waals surface area contributed by atoms with E-state index < -0.39 is 5.97 Å². The molecule has 5 nitrogen and oxygen atoms in total. The zero-order valence-corrected chi connectivity index (χ0v) is 18.7. The van der Waals surface area contributed by atoms with E-state index in [4.69, 9.17) is 11.2 Å². The maximum Gasteiger partial charge on any atom is 0.358 e. The van der Waals surface area contributed by atoms with Crippen LogP contribution in [0.15, 0.2) is 59.3 Å². The minimum absolute atomic E-state index is 0.0767. The van der Waals surface area contributed by atoms with Gasteiger partial charge in [-0.15, -0.1) is 12.3 Å². The smallest absolute Gasteiger partial charge is 0.358 e. The van der Waals surface area contributed by atoms with Crippen molar-refractivity contribution in [2.45, 2.75) is 53.7 Å². The van der Waals surface area contributed by atoms with Crippen molar-refractivity contribution in [1.29, 1.82) is 0 Å². The van der Waals surface area contributed by atoms with Crippen LogP contribution in [0.5, 0.6) is 0 Å². The molecule has 1 heterocycles. The SMILES string of the molecule is C#CCC.CCc1cccc2c1CN(N=C(C)C)C(C(=O)O)=C2OCc1ccccc1. The van der Waals surface area contributed by atoms with Crippen LogP contribution in [-0.4, -0.2) is 21.8 Å². The van der Waals surface area contributed by atoms with Gasteiger partial charge in [0.05, 0.1) is 6.54 Å². The molecule has 0 amide bonds. The summed E-state index contributed by atoms with van der Waals surface area (Å²) in [4.78, 5) is 12.1. The molecule has 2 aromatic rings. The third-order valence-corrected chi connectivity index (χ3v) is 4.63. The summed E-state index contributed by atoms with van der Waals surface area (Å²) < 4.78 is 6.07. The number of hydrazone groups is 1. The van der Waals surface area contributed by atoms with Crippen molar-refractivity contribution in [3.63, 3.8) is 0 Å². The van der Waals surface area contributed by atoms with Crippen LogP contribution >= 0.6 is 0 Å². The maximum atomic E-state index is 12.1. The second-order valence-corrected chi connectivity index (χ2v) is 7.22. The molecule has 31 heavy (non-hydrogen) atoms. The minimum Gasteiger partial charge on any atom is -0.486 e. The molecule has 0 saturated heterocycles. The van der Waals surface area contributed by atoms with E-state index in [2.05, 4.69) is 24.0 Å². The monoisotopic (exact) mass is 418 g/mol. The fourth-order valence-electron chi connectivity index (χ4n) is 3.25. The summed E-state index contributed by atoms with van der Waals surface area (Å²) in [6, 6.07) is 15.7. The van der Waals surface area contributed by atoms with Gasteiger partial charge in [-0.25, -0.2) is 4.79 Å². The Balaban J connectivity index is 0.000000785. The number of aryl methyl sites for hydroxylation is 1. The number of ether oxygens (including phenoxy) is 1. The van der Waals surface area contributed by atoms with Crippen LogP contribution < -0.4 is 0 Å². The van der Waals surface area contributed by atoms with E-state index in [1.54, 1.807) is 5.01 Å². The maximum absolute atomic E-state index is 12.1. The van der Waals surface area contributed by atoms with Crippen molar-refractivity contribution in [2.24, 2.45) is 5.10 Å². The molecule has 0 atom stereocenters. The number of hydrogen-bond acceptors (Lipinski definition) is 4. The molecule has 0 saturated carbocycles. The molecular weight excluding hydrogens is 388 g/mol. The molecule has 0 aliphatic carbocycles. The minimum atomic E-state index is -1.05. The van der Waals surface area contributed by atoms with Gasteiger partial charge < -0.3 is 9.84 Å². The average molecular weight is 419 g/mol. The summed E-state index contributed by atoms with van der Waals surface area (Å²) in [5.74, 6) is 1.75. The Labute approximate surface area is 185 Å². The van der Waals surface area contributed by atoms with Crippen LogP contribution in [0.4, 0.5) is 0 Å². The van der Waals surface area contributed by atoms with Crippen molar-refractivity contribution < 1.29 is 14.6 Å². The van der Waals surface area contributed by atoms with E-state index >= 15 is 0 Å². The van der Waals surface area contributed by atoms with E-state index in [0.717, 1.165) is 35.2 Å². The third-order valence-electron chi connectivity index (χ3n) is 4.63. The number of carboxylic acids is 1. The lowest BCUT2D eigenvalue weighted by molar-refractivity contribution is -0.134. The van der Waals surface area contributed by atoms with Crippen molar-refractivity contribution in [2.75, 3.05) is 0 Å². The van der Waals surface area contributed by atoms with Gasteiger partial charge in [0.15, 0.2) is 11.5 Å². The number of nitrogens with zero attached hydrogens (tertiary/aromatic N) is 2. The molecular formula is C26H30N2O3. The number of benzene rings is 2. The highest BCUT2D eigenvalue weighted by Gasteiger charge is 2.32. The lowest BCUT2D eigenvalue weighted by Gasteiger charge is -2.31. The molecule has 1 N–H and O–H groups in total. The Hall–Kier alpha value is -3.52. The van der Waals surface area contributed by atoms with Gasteiger partial charge >= 0.3 is 5.97 Å². The summed E-state index contributed by atoms with van der Waals surface area (Å²) in [6.07, 6.45) is 6.49. The lowest BCUT2D eigenvalue weighted by Crippen LogP contribution is -2.30. The van der Waals surface area contributed by atoms with Gasteiger partial charge in [0, 0.05) is 17.7 Å². The van der Waals surface area contributed by atoms with Crippen LogP contribution in [0.2, 0.25) is 0 Å². The van der Waals surface area contributed by atoms with Gasteiger partial charge in [0.1, 0.15) is 6.61 Å². The van der Waals surface area contributed by atoms with Gasteiger partial charge in [-0.2, -0.15) is 5.10 Å². The zero-order chi connectivity index (χ0) is 22.8. The standard InChI is InChI=1S/C22H24N2O3.C4H6/c1-4-17-11-8-12-18-19(17)13-24(23-15(2)3)20(22(25)26)21(18)27-14-16-9-6-5-7-10-16;1-3-4-2/h5-12H,4,13-14H2,1-3H3,(H,25,26);1H,4H2,2H3. The molecule has 0 radical (unpaired) electrons. The molecule has 0 unspecified atom stereocenters. The van der Waals surface area contributed by atoms with Gasteiger partial charge in [-0.1, -0.05) is 62.4 Å². The summed E-state index contributed by atoms with van der Waals surface area (Å²) in [5.41, 5.74) is 4.92. The Kier molecular flexibility index (Phi) is 8.90. The Morgan fingerprint density at radius 2 is 1.84 bits per heavy atom. The molecule has 5 heteroatoms. The van der Waals surface area contributed by atoms with E-state index in [9.17, 15) is 9.90 Å². The van der Waals surface area contributed by atoms with Gasteiger partial charge in [-0.3, -0.25) is 5.01 Å². The topological polar surface area (TPSA) is 62.1 Å². The third kappa shape index (κ3) is 6.23. The second kappa shape index (κ2) is 11.6. The van der Waals surface area contributed by atoms with E-state index in [-0.39, 0.29) is 5.70 Å². The first-order valence-electron chi connectivity index (χ1n) is 10.4. The lowest BCUT2D eigenvalue weighted by atomic mass is 9.94. The first-order valence-corrected chi connectivity index (χ1v) is 10.4.